The van der Waals surface area contributed by atoms with Crippen molar-refractivity contribution in [3.8, 4) is 0 Å². The Labute approximate surface area is 153 Å². The molecule has 7 atom stereocenters. The Morgan fingerprint density at radius 2 is 1.46 bits per heavy atom. The molecule has 0 saturated heterocycles. The van der Waals surface area contributed by atoms with Gasteiger partial charge in [-0.2, -0.15) is 0 Å². The van der Waals surface area contributed by atoms with Gasteiger partial charge in [-0.15, -0.1) is 0 Å². The summed E-state index contributed by atoms with van der Waals surface area (Å²) in [6.45, 7) is 18.8. The second kappa shape index (κ2) is 9.60. The molecular weight excluding hydrogens is 290 g/mol. The summed E-state index contributed by atoms with van der Waals surface area (Å²) in [5.41, 5.74) is 6.96. The Morgan fingerprint density at radius 3 is 2.00 bits per heavy atom. The van der Waals surface area contributed by atoms with E-state index >= 15 is 0 Å². The van der Waals surface area contributed by atoms with Gasteiger partial charge in [0.2, 0.25) is 0 Å². The van der Waals surface area contributed by atoms with E-state index in [-0.39, 0.29) is 0 Å². The van der Waals surface area contributed by atoms with Crippen LogP contribution in [0, 0.1) is 40.9 Å². The summed E-state index contributed by atoms with van der Waals surface area (Å²) in [7, 11) is 0. The molecule has 2 saturated carbocycles. The maximum Gasteiger partial charge on any atom is 0.00747 e. The standard InChI is InChI=1S/C21H41N.C2H6/c1-14-7-9-18(16(3)11-14)17(4)13-21(5,6)19-10-8-15(2)12-20(19)22;1-2/h14-20H,7-13,22H2,1-6H3;1-2H3. The van der Waals surface area contributed by atoms with Crippen molar-refractivity contribution in [3.63, 3.8) is 0 Å². The summed E-state index contributed by atoms with van der Waals surface area (Å²) in [6, 6.07) is 0.426. The zero-order valence-electron chi connectivity index (χ0n) is 18.1. The minimum absolute atomic E-state index is 0.405. The van der Waals surface area contributed by atoms with Crippen LogP contribution >= 0.6 is 0 Å². The summed E-state index contributed by atoms with van der Waals surface area (Å²) in [5.74, 6) is 5.20. The van der Waals surface area contributed by atoms with Crippen LogP contribution in [-0.2, 0) is 0 Å². The van der Waals surface area contributed by atoms with Gasteiger partial charge in [0.05, 0.1) is 0 Å². The first-order valence-electron chi connectivity index (χ1n) is 11.0. The van der Waals surface area contributed by atoms with Gasteiger partial charge in [-0.05, 0) is 73.0 Å². The summed E-state index contributed by atoms with van der Waals surface area (Å²) in [4.78, 5) is 0. The van der Waals surface area contributed by atoms with Gasteiger partial charge >= 0.3 is 0 Å². The fourth-order valence-electron chi connectivity index (χ4n) is 6.06. The lowest BCUT2D eigenvalue weighted by Crippen LogP contribution is -2.45. The molecule has 0 aromatic carbocycles. The van der Waals surface area contributed by atoms with E-state index < -0.39 is 0 Å². The molecule has 0 aromatic rings. The maximum absolute atomic E-state index is 6.56. The molecule has 2 fully saturated rings. The minimum Gasteiger partial charge on any atom is -0.327 e. The van der Waals surface area contributed by atoms with Gasteiger partial charge in [-0.3, -0.25) is 0 Å². The van der Waals surface area contributed by atoms with Crippen molar-refractivity contribution in [2.45, 2.75) is 106 Å². The first kappa shape index (κ1) is 22.0. The lowest BCUT2D eigenvalue weighted by molar-refractivity contribution is 0.0565. The Hall–Kier alpha value is -0.0400. The fraction of sp³-hybridized carbons (Fsp3) is 1.00. The van der Waals surface area contributed by atoms with Crippen molar-refractivity contribution in [1.82, 2.24) is 0 Å². The van der Waals surface area contributed by atoms with Crippen LogP contribution in [0.25, 0.3) is 0 Å². The molecule has 0 aromatic heterocycles. The van der Waals surface area contributed by atoms with Crippen LogP contribution in [0.3, 0.4) is 0 Å². The topological polar surface area (TPSA) is 26.0 Å². The fourth-order valence-corrected chi connectivity index (χ4v) is 6.06. The molecule has 2 aliphatic carbocycles. The molecule has 2 aliphatic rings. The Kier molecular flexibility index (Phi) is 8.80. The number of hydrogen-bond donors (Lipinski definition) is 1. The Bertz CT molecular complexity index is 348. The van der Waals surface area contributed by atoms with E-state index in [2.05, 4.69) is 41.5 Å². The third-order valence-corrected chi connectivity index (χ3v) is 7.24. The number of hydrogen-bond acceptors (Lipinski definition) is 1. The van der Waals surface area contributed by atoms with Gasteiger partial charge in [-0.25, -0.2) is 0 Å². The molecule has 0 aliphatic heterocycles. The van der Waals surface area contributed by atoms with Crippen LogP contribution in [0.1, 0.15) is 100 Å². The van der Waals surface area contributed by atoms with Gasteiger partial charge in [-0.1, -0.05) is 68.2 Å². The highest BCUT2D eigenvalue weighted by atomic mass is 14.7. The van der Waals surface area contributed by atoms with Crippen molar-refractivity contribution in [1.29, 1.82) is 0 Å². The number of rotatable bonds is 4. The summed E-state index contributed by atoms with van der Waals surface area (Å²) >= 11 is 0. The lowest BCUT2D eigenvalue weighted by atomic mass is 9.61. The molecule has 0 amide bonds. The minimum atomic E-state index is 0.405. The van der Waals surface area contributed by atoms with Crippen LogP contribution < -0.4 is 5.73 Å². The van der Waals surface area contributed by atoms with Crippen molar-refractivity contribution in [3.05, 3.63) is 0 Å². The van der Waals surface area contributed by atoms with Crippen LogP contribution in [0.15, 0.2) is 0 Å². The van der Waals surface area contributed by atoms with E-state index in [0.29, 0.717) is 11.5 Å². The summed E-state index contributed by atoms with van der Waals surface area (Å²) in [5, 5.41) is 0. The van der Waals surface area contributed by atoms with Gasteiger partial charge in [0.25, 0.3) is 0 Å². The third kappa shape index (κ3) is 5.75. The van der Waals surface area contributed by atoms with E-state index in [4.69, 9.17) is 5.73 Å². The predicted molar refractivity (Wildman–Crippen MR) is 109 cm³/mol. The lowest BCUT2D eigenvalue weighted by Gasteiger charge is -2.46. The van der Waals surface area contributed by atoms with E-state index in [1.165, 1.54) is 44.9 Å². The largest absolute Gasteiger partial charge is 0.327 e. The predicted octanol–water partition coefficient (Wildman–Crippen LogP) is 6.90. The molecule has 144 valence electrons. The van der Waals surface area contributed by atoms with Gasteiger partial charge < -0.3 is 5.73 Å². The average molecular weight is 338 g/mol. The summed E-state index contributed by atoms with van der Waals surface area (Å²) in [6.07, 6.45) is 9.67. The highest BCUT2D eigenvalue weighted by molar-refractivity contribution is 4.92. The maximum atomic E-state index is 6.56. The van der Waals surface area contributed by atoms with Crippen LogP contribution in [-0.4, -0.2) is 6.04 Å². The molecule has 1 nitrogen and oxygen atoms in total. The van der Waals surface area contributed by atoms with Gasteiger partial charge in [0.15, 0.2) is 0 Å². The quantitative estimate of drug-likeness (QED) is 0.593. The molecule has 0 bridgehead atoms. The zero-order chi connectivity index (χ0) is 18.5. The molecule has 2 rings (SSSR count). The first-order valence-corrected chi connectivity index (χ1v) is 11.0. The zero-order valence-corrected chi connectivity index (χ0v) is 18.1. The molecule has 0 radical (unpaired) electrons. The smallest absolute Gasteiger partial charge is 0.00747 e. The van der Waals surface area contributed by atoms with Crippen molar-refractivity contribution >= 4 is 0 Å². The van der Waals surface area contributed by atoms with E-state index in [1.54, 1.807) is 0 Å². The highest BCUT2D eigenvalue weighted by Gasteiger charge is 2.40. The number of nitrogens with two attached hydrogens (primary N) is 1. The molecule has 0 spiro atoms. The first-order chi connectivity index (χ1) is 11.2. The molecule has 1 heteroatoms. The second-order valence-corrected chi connectivity index (χ2v) is 9.92. The molecule has 2 N–H and O–H groups in total. The van der Waals surface area contributed by atoms with Crippen molar-refractivity contribution in [2.75, 3.05) is 0 Å². The normalized spacial score (nSPS) is 38.9. The molecule has 0 heterocycles. The van der Waals surface area contributed by atoms with E-state index in [1.807, 2.05) is 13.8 Å². The third-order valence-electron chi connectivity index (χ3n) is 7.24. The van der Waals surface area contributed by atoms with Crippen molar-refractivity contribution < 1.29 is 0 Å². The van der Waals surface area contributed by atoms with Crippen LogP contribution in [0.5, 0.6) is 0 Å². The Balaban J connectivity index is 0.00000139. The van der Waals surface area contributed by atoms with E-state index in [9.17, 15) is 0 Å². The molecule has 24 heavy (non-hydrogen) atoms. The average Bonchev–Trinajstić information content (AvgIpc) is 2.48. The van der Waals surface area contributed by atoms with Crippen LogP contribution in [0.2, 0.25) is 0 Å². The molecule has 7 unspecified atom stereocenters. The van der Waals surface area contributed by atoms with E-state index in [0.717, 1.165) is 35.5 Å². The van der Waals surface area contributed by atoms with Gasteiger partial charge in [0, 0.05) is 6.04 Å². The monoisotopic (exact) mass is 337 g/mol. The summed E-state index contributed by atoms with van der Waals surface area (Å²) < 4.78 is 0. The van der Waals surface area contributed by atoms with Crippen molar-refractivity contribution in [2.24, 2.45) is 46.7 Å². The Morgan fingerprint density at radius 1 is 0.917 bits per heavy atom. The van der Waals surface area contributed by atoms with Gasteiger partial charge in [0.1, 0.15) is 0 Å². The second-order valence-electron chi connectivity index (χ2n) is 9.92. The molecular formula is C23H47N. The SMILES string of the molecule is CC.CC1CCC(C(C)CC(C)(C)C2CCC(C)CC2N)C(C)C1. The highest BCUT2D eigenvalue weighted by Crippen LogP contribution is 2.47. The van der Waals surface area contributed by atoms with Crippen LogP contribution in [0.4, 0.5) is 0 Å².